The Labute approximate surface area is 117 Å². The number of carboxylic acid groups (broad SMARTS) is 1. The first-order valence-corrected chi connectivity index (χ1v) is 5.94. The smallest absolute Gasteiger partial charge is 0.358 e. The summed E-state index contributed by atoms with van der Waals surface area (Å²) in [5.74, 6) is -1.84. The fourth-order valence-corrected chi connectivity index (χ4v) is 1.84. The summed E-state index contributed by atoms with van der Waals surface area (Å²) >= 11 is 0. The van der Waals surface area contributed by atoms with Crippen molar-refractivity contribution in [2.75, 3.05) is 5.32 Å². The lowest BCUT2D eigenvalue weighted by atomic mass is 10.1. The normalized spacial score (nSPS) is 10.5. The number of H-pyrrole nitrogens is 1. The molecule has 0 aliphatic heterocycles. The largest absolute Gasteiger partial charge is 0.476 e. The van der Waals surface area contributed by atoms with E-state index in [1.165, 1.54) is 12.4 Å². The Kier molecular flexibility index (Phi) is 3.03. The van der Waals surface area contributed by atoms with Crippen molar-refractivity contribution in [1.82, 2.24) is 20.2 Å². The summed E-state index contributed by atoms with van der Waals surface area (Å²) in [4.78, 5) is 30.7. The molecule has 104 valence electrons. The topological polar surface area (TPSA) is 121 Å². The molecule has 1 aromatic carbocycles. The highest BCUT2D eigenvalue weighted by Gasteiger charge is 2.16. The lowest BCUT2D eigenvalue weighted by Gasteiger charge is -2.06. The van der Waals surface area contributed by atoms with Gasteiger partial charge in [0.25, 0.3) is 5.91 Å². The van der Waals surface area contributed by atoms with Crippen molar-refractivity contribution in [3.05, 3.63) is 48.0 Å². The lowest BCUT2D eigenvalue weighted by molar-refractivity contribution is 0.0691. The van der Waals surface area contributed by atoms with E-state index < -0.39 is 11.9 Å². The number of anilines is 1. The molecule has 8 nitrogen and oxygen atoms in total. The fraction of sp³-hybridized carbons (Fsp3) is 0. The molecule has 0 saturated heterocycles. The van der Waals surface area contributed by atoms with E-state index in [0.717, 1.165) is 5.39 Å². The quantitative estimate of drug-likeness (QED) is 0.666. The van der Waals surface area contributed by atoms with E-state index in [0.29, 0.717) is 11.1 Å². The minimum Gasteiger partial charge on any atom is -0.476 e. The third-order valence-electron chi connectivity index (χ3n) is 2.84. The minimum absolute atomic E-state index is 0.0975. The van der Waals surface area contributed by atoms with E-state index >= 15 is 0 Å². The summed E-state index contributed by atoms with van der Waals surface area (Å²) in [6.07, 6.45) is 4.19. The van der Waals surface area contributed by atoms with E-state index in [2.05, 4.69) is 25.5 Å². The molecule has 3 rings (SSSR count). The molecule has 0 unspecified atom stereocenters. The second kappa shape index (κ2) is 5.00. The predicted octanol–water partition coefficient (Wildman–Crippen LogP) is 1.30. The Balaban J connectivity index is 1.91. The zero-order chi connectivity index (χ0) is 14.8. The number of carbonyl (C=O) groups excluding carboxylic acids is 1. The van der Waals surface area contributed by atoms with Crippen molar-refractivity contribution in [3.63, 3.8) is 0 Å². The van der Waals surface area contributed by atoms with Gasteiger partial charge in [-0.3, -0.25) is 9.89 Å². The van der Waals surface area contributed by atoms with Crippen LogP contribution in [0.2, 0.25) is 0 Å². The molecule has 3 N–H and O–H groups in total. The third kappa shape index (κ3) is 2.41. The second-order valence-corrected chi connectivity index (χ2v) is 4.18. The van der Waals surface area contributed by atoms with Gasteiger partial charge in [-0.05, 0) is 12.1 Å². The van der Waals surface area contributed by atoms with Gasteiger partial charge in [0.1, 0.15) is 0 Å². The van der Waals surface area contributed by atoms with Crippen LogP contribution in [0, 0.1) is 0 Å². The molecule has 0 atom stereocenters. The molecular formula is C13H9N5O3. The molecular weight excluding hydrogens is 274 g/mol. The van der Waals surface area contributed by atoms with Crippen molar-refractivity contribution in [2.24, 2.45) is 0 Å². The molecule has 0 bridgehead atoms. The summed E-state index contributed by atoms with van der Waals surface area (Å²) < 4.78 is 0. The number of aromatic carboxylic acids is 1. The molecule has 0 aliphatic carbocycles. The number of amides is 1. The molecule has 2 heterocycles. The SMILES string of the molecule is O=C(Nc1nccnc1C(=O)O)c1ccc2cn[nH]c2c1. The summed E-state index contributed by atoms with van der Waals surface area (Å²) in [7, 11) is 0. The van der Waals surface area contributed by atoms with Crippen LogP contribution in [0.3, 0.4) is 0 Å². The predicted molar refractivity (Wildman–Crippen MR) is 73.0 cm³/mol. The van der Waals surface area contributed by atoms with Crippen LogP contribution in [0.4, 0.5) is 5.82 Å². The van der Waals surface area contributed by atoms with Gasteiger partial charge in [0.15, 0.2) is 11.5 Å². The van der Waals surface area contributed by atoms with Crippen LogP contribution in [0.25, 0.3) is 10.9 Å². The minimum atomic E-state index is -1.26. The molecule has 3 aromatic rings. The zero-order valence-electron chi connectivity index (χ0n) is 10.6. The maximum Gasteiger partial charge on any atom is 0.358 e. The third-order valence-corrected chi connectivity index (χ3v) is 2.84. The Bertz CT molecular complexity index is 842. The fourth-order valence-electron chi connectivity index (χ4n) is 1.84. The number of aromatic amines is 1. The number of hydrogen-bond acceptors (Lipinski definition) is 5. The van der Waals surface area contributed by atoms with E-state index in [4.69, 9.17) is 5.11 Å². The number of benzene rings is 1. The van der Waals surface area contributed by atoms with Crippen molar-refractivity contribution >= 4 is 28.6 Å². The average Bonchev–Trinajstić information content (AvgIpc) is 2.94. The number of carbonyl (C=O) groups is 2. The van der Waals surface area contributed by atoms with Crippen LogP contribution < -0.4 is 5.32 Å². The summed E-state index contributed by atoms with van der Waals surface area (Å²) in [5, 5.41) is 18.9. The highest BCUT2D eigenvalue weighted by molar-refractivity contribution is 6.07. The number of aromatic nitrogens is 4. The van der Waals surface area contributed by atoms with Gasteiger partial charge in [0, 0.05) is 23.3 Å². The van der Waals surface area contributed by atoms with Crippen molar-refractivity contribution in [3.8, 4) is 0 Å². The second-order valence-electron chi connectivity index (χ2n) is 4.18. The highest BCUT2D eigenvalue weighted by atomic mass is 16.4. The Hall–Kier alpha value is -3.29. The number of nitrogens with zero attached hydrogens (tertiary/aromatic N) is 3. The summed E-state index contributed by atoms with van der Waals surface area (Å²) in [6, 6.07) is 4.97. The summed E-state index contributed by atoms with van der Waals surface area (Å²) in [6.45, 7) is 0. The Morgan fingerprint density at radius 1 is 1.19 bits per heavy atom. The Morgan fingerprint density at radius 3 is 2.81 bits per heavy atom. The molecule has 21 heavy (non-hydrogen) atoms. The van der Waals surface area contributed by atoms with Gasteiger partial charge in [-0.2, -0.15) is 5.10 Å². The van der Waals surface area contributed by atoms with E-state index in [9.17, 15) is 9.59 Å². The number of fused-ring (bicyclic) bond motifs is 1. The molecule has 8 heteroatoms. The maximum atomic E-state index is 12.1. The lowest BCUT2D eigenvalue weighted by Crippen LogP contribution is -2.17. The summed E-state index contributed by atoms with van der Waals surface area (Å²) in [5.41, 5.74) is 0.752. The highest BCUT2D eigenvalue weighted by Crippen LogP contribution is 2.15. The molecule has 0 spiro atoms. The standard InChI is InChI=1S/C13H9N5O3/c19-12(7-1-2-8-6-16-18-9(8)5-7)17-11-10(13(20)21)14-3-4-15-11/h1-6H,(H,16,18)(H,20,21)(H,15,17,19). The van der Waals surface area contributed by atoms with Gasteiger partial charge in [-0.1, -0.05) is 6.07 Å². The number of nitrogens with one attached hydrogen (secondary N) is 2. The molecule has 0 aliphatic rings. The van der Waals surface area contributed by atoms with Gasteiger partial charge >= 0.3 is 5.97 Å². The van der Waals surface area contributed by atoms with Crippen molar-refractivity contribution in [2.45, 2.75) is 0 Å². The molecule has 1 amide bonds. The molecule has 0 saturated carbocycles. The van der Waals surface area contributed by atoms with Gasteiger partial charge in [0.05, 0.1) is 11.7 Å². The number of rotatable bonds is 3. The number of hydrogen-bond donors (Lipinski definition) is 3. The molecule has 2 aromatic heterocycles. The van der Waals surface area contributed by atoms with Crippen LogP contribution in [-0.4, -0.2) is 37.1 Å². The van der Waals surface area contributed by atoms with Crippen LogP contribution in [-0.2, 0) is 0 Å². The first-order valence-electron chi connectivity index (χ1n) is 5.94. The van der Waals surface area contributed by atoms with Crippen LogP contribution in [0.15, 0.2) is 36.8 Å². The van der Waals surface area contributed by atoms with E-state index in [-0.39, 0.29) is 11.5 Å². The zero-order valence-corrected chi connectivity index (χ0v) is 10.6. The van der Waals surface area contributed by atoms with Gasteiger partial charge in [-0.15, -0.1) is 0 Å². The molecule has 0 radical (unpaired) electrons. The molecule has 0 fully saturated rings. The first-order chi connectivity index (χ1) is 10.1. The van der Waals surface area contributed by atoms with Crippen molar-refractivity contribution < 1.29 is 14.7 Å². The van der Waals surface area contributed by atoms with Crippen LogP contribution >= 0.6 is 0 Å². The van der Waals surface area contributed by atoms with Crippen LogP contribution in [0.1, 0.15) is 20.8 Å². The monoisotopic (exact) mass is 283 g/mol. The van der Waals surface area contributed by atoms with Crippen LogP contribution in [0.5, 0.6) is 0 Å². The Morgan fingerprint density at radius 2 is 2.00 bits per heavy atom. The van der Waals surface area contributed by atoms with E-state index in [1.807, 2.05) is 0 Å². The average molecular weight is 283 g/mol. The maximum absolute atomic E-state index is 12.1. The van der Waals surface area contributed by atoms with Gasteiger partial charge < -0.3 is 10.4 Å². The number of carboxylic acids is 1. The van der Waals surface area contributed by atoms with Crippen molar-refractivity contribution in [1.29, 1.82) is 0 Å². The first kappa shape index (κ1) is 12.7. The van der Waals surface area contributed by atoms with Gasteiger partial charge in [-0.25, -0.2) is 14.8 Å². The van der Waals surface area contributed by atoms with E-state index in [1.54, 1.807) is 24.4 Å². The van der Waals surface area contributed by atoms with Gasteiger partial charge in [0.2, 0.25) is 0 Å².